The van der Waals surface area contributed by atoms with Crippen LogP contribution in [0.25, 0.3) is 0 Å². The molecule has 0 spiro atoms. The van der Waals surface area contributed by atoms with E-state index in [1.165, 1.54) is 0 Å². The first-order valence-corrected chi connectivity index (χ1v) is 4.95. The van der Waals surface area contributed by atoms with Crippen LogP contribution in [0.3, 0.4) is 0 Å². The lowest BCUT2D eigenvalue weighted by Crippen LogP contribution is -1.99. The summed E-state index contributed by atoms with van der Waals surface area (Å²) in [7, 11) is 0. The molecule has 2 aromatic rings. The highest BCUT2D eigenvalue weighted by Gasteiger charge is 2.12. The Balaban J connectivity index is 2.34. The molecule has 0 bridgehead atoms. The minimum atomic E-state index is -0.0591. The molecular formula is C10H8N2OS. The van der Waals surface area contributed by atoms with Gasteiger partial charge in [-0.15, -0.1) is 0 Å². The zero-order valence-electron chi connectivity index (χ0n) is 7.60. The van der Waals surface area contributed by atoms with Crippen LogP contribution in [-0.4, -0.2) is 15.1 Å². The van der Waals surface area contributed by atoms with Crippen LogP contribution in [0.2, 0.25) is 0 Å². The second-order valence-electron chi connectivity index (χ2n) is 2.84. The SMILES string of the molecule is Cc1nsc(C(=O)c2ccccc2)n1. The number of aromatic nitrogens is 2. The Morgan fingerprint density at radius 1 is 1.29 bits per heavy atom. The Hall–Kier alpha value is -1.55. The van der Waals surface area contributed by atoms with Crippen molar-refractivity contribution >= 4 is 17.3 Å². The van der Waals surface area contributed by atoms with Crippen molar-refractivity contribution in [3.8, 4) is 0 Å². The second kappa shape index (κ2) is 3.67. The molecule has 70 valence electrons. The van der Waals surface area contributed by atoms with Gasteiger partial charge in [-0.05, 0) is 18.5 Å². The molecule has 0 N–H and O–H groups in total. The molecule has 1 aromatic heterocycles. The highest BCUT2D eigenvalue weighted by atomic mass is 32.1. The van der Waals surface area contributed by atoms with Crippen LogP contribution in [-0.2, 0) is 0 Å². The van der Waals surface area contributed by atoms with E-state index in [4.69, 9.17) is 0 Å². The molecule has 0 aliphatic rings. The fraction of sp³-hybridized carbons (Fsp3) is 0.100. The first-order chi connectivity index (χ1) is 6.77. The molecule has 14 heavy (non-hydrogen) atoms. The third kappa shape index (κ3) is 1.70. The largest absolute Gasteiger partial charge is 0.286 e. The lowest BCUT2D eigenvalue weighted by Gasteiger charge is -1.94. The molecule has 4 heteroatoms. The van der Waals surface area contributed by atoms with E-state index in [1.807, 2.05) is 18.2 Å². The Morgan fingerprint density at radius 2 is 2.00 bits per heavy atom. The molecule has 0 saturated heterocycles. The number of hydrogen-bond acceptors (Lipinski definition) is 4. The van der Waals surface area contributed by atoms with Crippen molar-refractivity contribution in [2.75, 3.05) is 0 Å². The number of carbonyl (C=O) groups is 1. The van der Waals surface area contributed by atoms with E-state index in [1.54, 1.807) is 19.1 Å². The molecule has 1 heterocycles. The summed E-state index contributed by atoms with van der Waals surface area (Å²) in [6, 6.07) is 9.10. The highest BCUT2D eigenvalue weighted by Crippen LogP contribution is 2.11. The van der Waals surface area contributed by atoms with Crippen LogP contribution in [0.5, 0.6) is 0 Å². The van der Waals surface area contributed by atoms with Crippen LogP contribution in [0, 0.1) is 6.92 Å². The first kappa shape index (κ1) is 9.02. The molecule has 0 saturated carbocycles. The third-order valence-electron chi connectivity index (χ3n) is 1.76. The van der Waals surface area contributed by atoms with Crippen LogP contribution in [0.4, 0.5) is 0 Å². The number of hydrogen-bond donors (Lipinski definition) is 0. The molecule has 2 rings (SSSR count). The van der Waals surface area contributed by atoms with E-state index < -0.39 is 0 Å². The summed E-state index contributed by atoms with van der Waals surface area (Å²) < 4.78 is 3.97. The van der Waals surface area contributed by atoms with Crippen LogP contribution >= 0.6 is 11.5 Å². The molecule has 0 aliphatic heterocycles. The Bertz CT molecular complexity index is 450. The number of nitrogens with zero attached hydrogens (tertiary/aromatic N) is 2. The summed E-state index contributed by atoms with van der Waals surface area (Å²) in [6.07, 6.45) is 0. The van der Waals surface area contributed by atoms with Crippen molar-refractivity contribution in [1.82, 2.24) is 9.36 Å². The second-order valence-corrected chi connectivity index (χ2v) is 3.59. The lowest BCUT2D eigenvalue weighted by atomic mass is 10.1. The van der Waals surface area contributed by atoms with Crippen molar-refractivity contribution < 1.29 is 4.79 Å². The van der Waals surface area contributed by atoms with E-state index >= 15 is 0 Å². The monoisotopic (exact) mass is 204 g/mol. The molecule has 0 radical (unpaired) electrons. The Morgan fingerprint density at radius 3 is 2.57 bits per heavy atom. The summed E-state index contributed by atoms with van der Waals surface area (Å²) in [5, 5.41) is 0.453. The van der Waals surface area contributed by atoms with E-state index in [-0.39, 0.29) is 5.78 Å². The van der Waals surface area contributed by atoms with E-state index in [0.717, 1.165) is 11.5 Å². The molecular weight excluding hydrogens is 196 g/mol. The van der Waals surface area contributed by atoms with Crippen LogP contribution in [0.15, 0.2) is 30.3 Å². The van der Waals surface area contributed by atoms with Crippen molar-refractivity contribution in [2.45, 2.75) is 6.92 Å². The van der Waals surface area contributed by atoms with Crippen molar-refractivity contribution in [1.29, 1.82) is 0 Å². The molecule has 1 aromatic carbocycles. The molecule has 0 fully saturated rings. The van der Waals surface area contributed by atoms with E-state index in [9.17, 15) is 4.79 Å². The zero-order chi connectivity index (χ0) is 9.97. The van der Waals surface area contributed by atoms with Gasteiger partial charge in [0.1, 0.15) is 5.82 Å². The maximum absolute atomic E-state index is 11.8. The van der Waals surface area contributed by atoms with Gasteiger partial charge in [-0.2, -0.15) is 4.37 Å². The van der Waals surface area contributed by atoms with Gasteiger partial charge in [0.25, 0.3) is 0 Å². The summed E-state index contributed by atoms with van der Waals surface area (Å²) in [5.41, 5.74) is 0.656. The van der Waals surface area contributed by atoms with Gasteiger partial charge >= 0.3 is 0 Å². The zero-order valence-corrected chi connectivity index (χ0v) is 8.41. The van der Waals surface area contributed by atoms with Gasteiger partial charge in [-0.1, -0.05) is 30.3 Å². The summed E-state index contributed by atoms with van der Waals surface area (Å²) in [6.45, 7) is 1.78. The van der Waals surface area contributed by atoms with Crippen molar-refractivity contribution in [3.05, 3.63) is 46.7 Å². The normalized spacial score (nSPS) is 10.1. The number of rotatable bonds is 2. The summed E-state index contributed by atoms with van der Waals surface area (Å²) in [4.78, 5) is 15.8. The van der Waals surface area contributed by atoms with Gasteiger partial charge in [0.15, 0.2) is 5.01 Å². The van der Waals surface area contributed by atoms with Crippen LogP contribution in [0.1, 0.15) is 21.2 Å². The van der Waals surface area contributed by atoms with Crippen LogP contribution < -0.4 is 0 Å². The summed E-state index contributed by atoms with van der Waals surface area (Å²) in [5.74, 6) is 0.588. The topological polar surface area (TPSA) is 42.9 Å². The smallest absolute Gasteiger partial charge is 0.223 e. The van der Waals surface area contributed by atoms with Gasteiger partial charge < -0.3 is 0 Å². The van der Waals surface area contributed by atoms with E-state index in [2.05, 4.69) is 9.36 Å². The Kier molecular flexibility index (Phi) is 2.37. The van der Waals surface area contributed by atoms with Crippen molar-refractivity contribution in [2.24, 2.45) is 0 Å². The number of benzene rings is 1. The van der Waals surface area contributed by atoms with Crippen molar-refractivity contribution in [3.63, 3.8) is 0 Å². The van der Waals surface area contributed by atoms with Gasteiger partial charge in [0.2, 0.25) is 5.78 Å². The standard InChI is InChI=1S/C10H8N2OS/c1-7-11-10(14-12-7)9(13)8-5-3-2-4-6-8/h2-6H,1H3. The fourth-order valence-corrected chi connectivity index (χ4v) is 1.74. The van der Waals surface area contributed by atoms with Gasteiger partial charge in [0, 0.05) is 5.56 Å². The molecule has 3 nitrogen and oxygen atoms in total. The van der Waals surface area contributed by atoms with Gasteiger partial charge in [-0.25, -0.2) is 4.98 Å². The molecule has 0 aliphatic carbocycles. The first-order valence-electron chi connectivity index (χ1n) is 4.17. The summed E-state index contributed by atoms with van der Waals surface area (Å²) >= 11 is 1.14. The quantitative estimate of drug-likeness (QED) is 0.703. The average molecular weight is 204 g/mol. The minimum absolute atomic E-state index is 0.0591. The maximum Gasteiger partial charge on any atom is 0.223 e. The predicted molar refractivity (Wildman–Crippen MR) is 54.5 cm³/mol. The van der Waals surface area contributed by atoms with Gasteiger partial charge in [-0.3, -0.25) is 4.79 Å². The number of ketones is 1. The minimum Gasteiger partial charge on any atom is -0.286 e. The third-order valence-corrected chi connectivity index (χ3v) is 2.56. The van der Waals surface area contributed by atoms with Gasteiger partial charge in [0.05, 0.1) is 0 Å². The fourth-order valence-electron chi connectivity index (χ4n) is 1.10. The van der Waals surface area contributed by atoms with E-state index in [0.29, 0.717) is 16.4 Å². The number of carbonyl (C=O) groups excluding carboxylic acids is 1. The average Bonchev–Trinajstić information content (AvgIpc) is 2.65. The molecule has 0 unspecified atom stereocenters. The predicted octanol–water partition coefficient (Wildman–Crippen LogP) is 2.08. The molecule has 0 amide bonds. The highest BCUT2D eigenvalue weighted by molar-refractivity contribution is 7.07. The lowest BCUT2D eigenvalue weighted by molar-refractivity contribution is 0.103. The maximum atomic E-state index is 11.8. The molecule has 0 atom stereocenters. The number of aryl methyl sites for hydroxylation is 1. The Labute approximate surface area is 85.6 Å².